The van der Waals surface area contributed by atoms with Crippen molar-refractivity contribution >= 4 is 22.8 Å². The van der Waals surface area contributed by atoms with Gasteiger partial charge in [0.15, 0.2) is 0 Å². The van der Waals surface area contributed by atoms with Crippen LogP contribution in [0, 0.1) is 0 Å². The van der Waals surface area contributed by atoms with Crippen molar-refractivity contribution in [3.05, 3.63) is 90.0 Å². The second-order valence-corrected chi connectivity index (χ2v) is 5.58. The summed E-state index contributed by atoms with van der Waals surface area (Å²) in [6.45, 7) is 2.00. The van der Waals surface area contributed by atoms with E-state index in [4.69, 9.17) is 0 Å². The van der Waals surface area contributed by atoms with Gasteiger partial charge in [0.05, 0.1) is 6.04 Å². The number of hydrogen-bond acceptors (Lipinski definition) is 1. The lowest BCUT2D eigenvalue weighted by atomic mass is 10.0. The van der Waals surface area contributed by atoms with Gasteiger partial charge in [-0.2, -0.15) is 0 Å². The third-order valence-electron chi connectivity index (χ3n) is 3.86. The van der Waals surface area contributed by atoms with E-state index in [0.29, 0.717) is 0 Å². The molecule has 0 heterocycles. The van der Waals surface area contributed by atoms with E-state index in [1.54, 1.807) is 6.08 Å². The molecule has 0 spiro atoms. The Labute approximate surface area is 136 Å². The van der Waals surface area contributed by atoms with E-state index in [9.17, 15) is 4.79 Å². The Hall–Kier alpha value is -2.87. The molecular weight excluding hydrogens is 282 g/mol. The van der Waals surface area contributed by atoms with Gasteiger partial charge in [0.25, 0.3) is 0 Å². The van der Waals surface area contributed by atoms with Crippen molar-refractivity contribution in [1.29, 1.82) is 0 Å². The van der Waals surface area contributed by atoms with Crippen LogP contribution in [0.1, 0.15) is 24.1 Å². The van der Waals surface area contributed by atoms with Crippen LogP contribution in [-0.4, -0.2) is 5.91 Å². The highest BCUT2D eigenvalue weighted by molar-refractivity contribution is 5.92. The minimum absolute atomic E-state index is 0.0347. The molecule has 0 aliphatic rings. The van der Waals surface area contributed by atoms with Crippen molar-refractivity contribution in [2.45, 2.75) is 13.0 Å². The molecule has 3 aromatic rings. The fourth-order valence-electron chi connectivity index (χ4n) is 2.56. The molecule has 1 N–H and O–H groups in total. The van der Waals surface area contributed by atoms with E-state index >= 15 is 0 Å². The lowest BCUT2D eigenvalue weighted by molar-refractivity contribution is -0.117. The van der Waals surface area contributed by atoms with Crippen molar-refractivity contribution in [2.75, 3.05) is 0 Å². The van der Waals surface area contributed by atoms with Gasteiger partial charge in [-0.3, -0.25) is 4.79 Å². The van der Waals surface area contributed by atoms with Crippen LogP contribution in [0.4, 0.5) is 0 Å². The summed E-state index contributed by atoms with van der Waals surface area (Å²) < 4.78 is 0. The van der Waals surface area contributed by atoms with Crippen LogP contribution in [0.25, 0.3) is 16.8 Å². The minimum atomic E-state index is -0.0884. The highest BCUT2D eigenvalue weighted by Gasteiger charge is 2.08. The summed E-state index contributed by atoms with van der Waals surface area (Å²) in [5.74, 6) is -0.0884. The van der Waals surface area contributed by atoms with Crippen LogP contribution in [0.15, 0.2) is 78.9 Å². The fraction of sp³-hybridized carbons (Fsp3) is 0.0952. The molecule has 114 valence electrons. The van der Waals surface area contributed by atoms with E-state index in [0.717, 1.165) is 11.1 Å². The molecular formula is C21H19NO. The second kappa shape index (κ2) is 6.93. The molecule has 0 aromatic heterocycles. The van der Waals surface area contributed by atoms with Gasteiger partial charge in [0.1, 0.15) is 0 Å². The first-order valence-corrected chi connectivity index (χ1v) is 7.75. The number of nitrogens with one attached hydrogen (secondary N) is 1. The largest absolute Gasteiger partial charge is 0.346 e. The lowest BCUT2D eigenvalue weighted by Crippen LogP contribution is -2.24. The summed E-state index contributed by atoms with van der Waals surface area (Å²) in [5.41, 5.74) is 2.12. The summed E-state index contributed by atoms with van der Waals surface area (Å²) in [6, 6.07) is 24.3. The molecule has 1 atom stereocenters. The molecule has 3 aromatic carbocycles. The Kier molecular flexibility index (Phi) is 4.53. The molecule has 0 bridgehead atoms. The van der Waals surface area contributed by atoms with Crippen LogP contribution in [0.2, 0.25) is 0 Å². The number of hydrogen-bond donors (Lipinski definition) is 1. The summed E-state index contributed by atoms with van der Waals surface area (Å²) in [4.78, 5) is 12.1. The molecule has 0 fully saturated rings. The first-order chi connectivity index (χ1) is 11.2. The molecule has 0 aliphatic heterocycles. The van der Waals surface area contributed by atoms with Gasteiger partial charge in [-0.05, 0) is 41.0 Å². The van der Waals surface area contributed by atoms with Crippen LogP contribution >= 0.6 is 0 Å². The van der Waals surface area contributed by atoms with E-state index < -0.39 is 0 Å². The lowest BCUT2D eigenvalue weighted by Gasteiger charge is -2.13. The van der Waals surface area contributed by atoms with Crippen molar-refractivity contribution < 1.29 is 4.79 Å². The van der Waals surface area contributed by atoms with Gasteiger partial charge in [0.2, 0.25) is 5.91 Å². The topological polar surface area (TPSA) is 29.1 Å². The number of fused-ring (bicyclic) bond motifs is 1. The summed E-state index contributed by atoms with van der Waals surface area (Å²) >= 11 is 0. The number of carbonyl (C=O) groups excluding carboxylic acids is 1. The smallest absolute Gasteiger partial charge is 0.244 e. The van der Waals surface area contributed by atoms with E-state index in [1.807, 2.05) is 55.5 Å². The number of amides is 1. The summed E-state index contributed by atoms with van der Waals surface area (Å²) in [6.07, 6.45) is 3.40. The molecule has 3 rings (SSSR count). The van der Waals surface area contributed by atoms with Gasteiger partial charge in [-0.25, -0.2) is 0 Å². The van der Waals surface area contributed by atoms with Crippen LogP contribution in [0.3, 0.4) is 0 Å². The van der Waals surface area contributed by atoms with Gasteiger partial charge in [-0.1, -0.05) is 66.7 Å². The van der Waals surface area contributed by atoms with Crippen molar-refractivity contribution in [3.8, 4) is 0 Å². The van der Waals surface area contributed by atoms with E-state index in [2.05, 4.69) is 35.6 Å². The molecule has 2 nitrogen and oxygen atoms in total. The van der Waals surface area contributed by atoms with Gasteiger partial charge in [0, 0.05) is 6.08 Å². The van der Waals surface area contributed by atoms with Crippen molar-refractivity contribution in [3.63, 3.8) is 0 Å². The molecule has 0 radical (unpaired) electrons. The van der Waals surface area contributed by atoms with E-state index in [-0.39, 0.29) is 11.9 Å². The Bertz CT molecular complexity index is 837. The van der Waals surface area contributed by atoms with Crippen LogP contribution < -0.4 is 5.32 Å². The average Bonchev–Trinajstić information content (AvgIpc) is 2.60. The maximum absolute atomic E-state index is 12.1. The highest BCUT2D eigenvalue weighted by Crippen LogP contribution is 2.20. The summed E-state index contributed by atoms with van der Waals surface area (Å²) in [5, 5.41) is 5.40. The molecule has 1 amide bonds. The molecule has 23 heavy (non-hydrogen) atoms. The molecule has 0 aliphatic carbocycles. The number of rotatable bonds is 4. The Morgan fingerprint density at radius 3 is 2.39 bits per heavy atom. The van der Waals surface area contributed by atoms with Gasteiger partial charge < -0.3 is 5.32 Å². The highest BCUT2D eigenvalue weighted by atomic mass is 16.1. The molecule has 0 saturated heterocycles. The first-order valence-electron chi connectivity index (χ1n) is 7.75. The Morgan fingerprint density at radius 2 is 1.61 bits per heavy atom. The standard InChI is InChI=1S/C21H19NO/c1-16(19-13-12-18-9-5-6-10-20(18)15-19)22-21(23)14-11-17-7-3-2-4-8-17/h2-16H,1H3,(H,22,23)/t16-/m0/s1. The van der Waals surface area contributed by atoms with Crippen molar-refractivity contribution in [2.24, 2.45) is 0 Å². The summed E-state index contributed by atoms with van der Waals surface area (Å²) in [7, 11) is 0. The normalized spacial score (nSPS) is 12.4. The fourth-order valence-corrected chi connectivity index (χ4v) is 2.56. The third kappa shape index (κ3) is 3.86. The SMILES string of the molecule is C[C@H](NC(=O)C=Cc1ccccc1)c1ccc2ccccc2c1. The zero-order valence-corrected chi connectivity index (χ0v) is 13.1. The molecule has 0 saturated carbocycles. The second-order valence-electron chi connectivity index (χ2n) is 5.58. The van der Waals surface area contributed by atoms with Crippen molar-refractivity contribution in [1.82, 2.24) is 5.32 Å². The number of carbonyl (C=O) groups is 1. The zero-order valence-electron chi connectivity index (χ0n) is 13.1. The minimum Gasteiger partial charge on any atom is -0.346 e. The zero-order chi connectivity index (χ0) is 16.1. The molecule has 2 heteroatoms. The monoisotopic (exact) mass is 301 g/mol. The predicted octanol–water partition coefficient (Wildman–Crippen LogP) is 4.73. The number of benzene rings is 3. The van der Waals surface area contributed by atoms with E-state index in [1.165, 1.54) is 10.8 Å². The maximum atomic E-state index is 12.1. The molecule has 0 unspecified atom stereocenters. The quantitative estimate of drug-likeness (QED) is 0.693. The third-order valence-corrected chi connectivity index (χ3v) is 3.86. The Morgan fingerprint density at radius 1 is 0.913 bits per heavy atom. The maximum Gasteiger partial charge on any atom is 0.244 e. The average molecular weight is 301 g/mol. The Balaban J connectivity index is 1.68. The first kappa shape index (κ1) is 15.0. The van der Waals surface area contributed by atoms with Crippen LogP contribution in [0.5, 0.6) is 0 Å². The van der Waals surface area contributed by atoms with Gasteiger partial charge in [-0.15, -0.1) is 0 Å². The van der Waals surface area contributed by atoms with Crippen LogP contribution in [-0.2, 0) is 4.79 Å². The predicted molar refractivity (Wildman–Crippen MR) is 96.0 cm³/mol. The van der Waals surface area contributed by atoms with Gasteiger partial charge >= 0.3 is 0 Å².